The van der Waals surface area contributed by atoms with Gasteiger partial charge in [-0.15, -0.1) is 0 Å². The summed E-state index contributed by atoms with van der Waals surface area (Å²) < 4.78 is 17.0. The Labute approximate surface area is 226 Å². The Hall–Kier alpha value is -1.66. The minimum Gasteiger partial charge on any atom is -0.447 e. The maximum absolute atomic E-state index is 11.9. The summed E-state index contributed by atoms with van der Waals surface area (Å²) in [4.78, 5) is 15.8. The van der Waals surface area contributed by atoms with Crippen LogP contribution in [-0.2, 0) is 20.8 Å². The summed E-state index contributed by atoms with van der Waals surface area (Å²) in [6, 6.07) is 3.73. The molecule has 1 saturated heterocycles. The second kappa shape index (κ2) is 22.3. The quantitative estimate of drug-likeness (QED) is 0.149. The number of hydrogen-bond donors (Lipinski definition) is 1. The van der Waals surface area contributed by atoms with Crippen molar-refractivity contribution in [2.75, 3.05) is 26.4 Å². The lowest BCUT2D eigenvalue weighted by molar-refractivity contribution is 0.0391. The zero-order valence-electron chi connectivity index (χ0n) is 23.6. The molecule has 6 heteroatoms. The van der Waals surface area contributed by atoms with Crippen LogP contribution in [0.1, 0.15) is 122 Å². The first-order valence-corrected chi connectivity index (χ1v) is 15.3. The lowest BCUT2D eigenvalue weighted by Crippen LogP contribution is -2.27. The number of ether oxygens (including phenoxy) is 3. The van der Waals surface area contributed by atoms with Gasteiger partial charge in [0.25, 0.3) is 0 Å². The molecule has 1 fully saturated rings. The molecule has 0 aliphatic carbocycles. The summed E-state index contributed by atoms with van der Waals surface area (Å²) in [5, 5.41) is 2.75. The number of aromatic nitrogens is 1. The summed E-state index contributed by atoms with van der Waals surface area (Å²) in [6.45, 7) is 5.28. The van der Waals surface area contributed by atoms with Crippen LogP contribution in [0.25, 0.3) is 0 Å². The van der Waals surface area contributed by atoms with Crippen molar-refractivity contribution >= 4 is 6.09 Å². The second-order valence-electron chi connectivity index (χ2n) is 10.7. The van der Waals surface area contributed by atoms with Crippen LogP contribution in [0.3, 0.4) is 0 Å². The highest BCUT2D eigenvalue weighted by Crippen LogP contribution is 2.20. The molecule has 0 saturated carbocycles. The predicted octanol–water partition coefficient (Wildman–Crippen LogP) is 7.99. The van der Waals surface area contributed by atoms with Gasteiger partial charge in [-0.3, -0.25) is 4.98 Å². The van der Waals surface area contributed by atoms with E-state index in [0.29, 0.717) is 19.1 Å². The normalized spacial score (nSPS) is 17.2. The highest BCUT2D eigenvalue weighted by atomic mass is 16.6. The van der Waals surface area contributed by atoms with Gasteiger partial charge in [-0.05, 0) is 30.5 Å². The third-order valence-electron chi connectivity index (χ3n) is 7.25. The van der Waals surface area contributed by atoms with E-state index in [4.69, 9.17) is 14.2 Å². The fourth-order valence-electron chi connectivity index (χ4n) is 4.91. The van der Waals surface area contributed by atoms with Gasteiger partial charge in [0.15, 0.2) is 0 Å². The smallest absolute Gasteiger partial charge is 0.407 e. The minimum absolute atomic E-state index is 0.0316. The molecule has 6 nitrogen and oxygen atoms in total. The van der Waals surface area contributed by atoms with Crippen molar-refractivity contribution in [2.45, 2.75) is 129 Å². The lowest BCUT2D eigenvalue weighted by atomic mass is 10.0. The van der Waals surface area contributed by atoms with E-state index in [1.165, 1.54) is 96.3 Å². The van der Waals surface area contributed by atoms with Crippen LogP contribution in [-0.4, -0.2) is 43.6 Å². The second-order valence-corrected chi connectivity index (χ2v) is 10.7. The predicted molar refractivity (Wildman–Crippen MR) is 151 cm³/mol. The van der Waals surface area contributed by atoms with Gasteiger partial charge in [-0.2, -0.15) is 0 Å². The maximum atomic E-state index is 11.9. The van der Waals surface area contributed by atoms with Crippen LogP contribution in [0.4, 0.5) is 4.79 Å². The standard InChI is InChI=1S/C31H54N2O4/c1-2-3-4-5-6-7-8-9-10-11-12-13-14-15-16-17-22-35-25-29-23-30(36-26-29)27-37-31(34)33-24-28-18-20-32-21-19-28/h18-21,29-30H,2-17,22-27H2,1H3,(H,33,34)/t29-,30-/m1/s1. The zero-order chi connectivity index (χ0) is 26.2. The summed E-state index contributed by atoms with van der Waals surface area (Å²) in [5.74, 6) is 0.398. The van der Waals surface area contributed by atoms with E-state index in [9.17, 15) is 4.79 Å². The number of amides is 1. The maximum Gasteiger partial charge on any atom is 0.407 e. The van der Waals surface area contributed by atoms with Gasteiger partial charge in [0.05, 0.1) is 19.3 Å². The van der Waals surface area contributed by atoms with E-state index in [1.54, 1.807) is 12.4 Å². The number of carbonyl (C=O) groups excluding carboxylic acids is 1. The van der Waals surface area contributed by atoms with Crippen molar-refractivity contribution in [1.29, 1.82) is 0 Å². The van der Waals surface area contributed by atoms with E-state index >= 15 is 0 Å². The molecule has 1 aliphatic rings. The number of unbranched alkanes of at least 4 members (excludes halogenated alkanes) is 15. The molecule has 2 rings (SSSR count). The Bertz CT molecular complexity index is 658. The van der Waals surface area contributed by atoms with Crippen molar-refractivity contribution in [3.05, 3.63) is 30.1 Å². The van der Waals surface area contributed by atoms with E-state index < -0.39 is 6.09 Å². The van der Waals surface area contributed by atoms with Gasteiger partial charge in [-0.25, -0.2) is 4.79 Å². The molecule has 0 radical (unpaired) electrons. The van der Waals surface area contributed by atoms with Crippen molar-refractivity contribution in [2.24, 2.45) is 5.92 Å². The Morgan fingerprint density at radius 3 is 2.03 bits per heavy atom. The summed E-state index contributed by atoms with van der Waals surface area (Å²) in [7, 11) is 0. The first-order chi connectivity index (χ1) is 18.3. The highest BCUT2D eigenvalue weighted by Gasteiger charge is 2.26. The van der Waals surface area contributed by atoms with E-state index in [2.05, 4.69) is 17.2 Å². The molecule has 2 heterocycles. The molecule has 37 heavy (non-hydrogen) atoms. The highest BCUT2D eigenvalue weighted by molar-refractivity contribution is 5.67. The van der Waals surface area contributed by atoms with Crippen LogP contribution in [0, 0.1) is 5.92 Å². The third-order valence-corrected chi connectivity index (χ3v) is 7.25. The van der Waals surface area contributed by atoms with Crippen LogP contribution < -0.4 is 5.32 Å². The molecule has 0 unspecified atom stereocenters. The first-order valence-electron chi connectivity index (χ1n) is 15.3. The molecular formula is C31H54N2O4. The largest absolute Gasteiger partial charge is 0.447 e. The fraction of sp³-hybridized carbons (Fsp3) is 0.806. The number of rotatable bonds is 23. The summed E-state index contributed by atoms with van der Waals surface area (Å²) >= 11 is 0. The minimum atomic E-state index is -0.413. The van der Waals surface area contributed by atoms with Crippen LogP contribution in [0.5, 0.6) is 0 Å². The molecule has 0 spiro atoms. The number of carbonyl (C=O) groups is 1. The Morgan fingerprint density at radius 1 is 0.865 bits per heavy atom. The monoisotopic (exact) mass is 518 g/mol. The van der Waals surface area contributed by atoms with Gasteiger partial charge in [0, 0.05) is 31.5 Å². The topological polar surface area (TPSA) is 69.7 Å². The Morgan fingerprint density at radius 2 is 1.43 bits per heavy atom. The van der Waals surface area contributed by atoms with Crippen molar-refractivity contribution in [1.82, 2.24) is 10.3 Å². The molecule has 1 N–H and O–H groups in total. The first kappa shape index (κ1) is 31.6. The molecule has 212 valence electrons. The van der Waals surface area contributed by atoms with Gasteiger partial charge >= 0.3 is 6.09 Å². The van der Waals surface area contributed by atoms with Gasteiger partial charge < -0.3 is 19.5 Å². The molecule has 2 atom stereocenters. The molecule has 1 aromatic rings. The SMILES string of the molecule is CCCCCCCCCCCCCCCCCCOC[C@@H]1CO[C@@H](COC(=O)NCc2ccncc2)C1. The number of alkyl carbamates (subject to hydrolysis) is 1. The Kier molecular flexibility index (Phi) is 19.0. The van der Waals surface area contributed by atoms with Crippen molar-refractivity contribution < 1.29 is 19.0 Å². The van der Waals surface area contributed by atoms with Gasteiger partial charge in [0.1, 0.15) is 6.61 Å². The van der Waals surface area contributed by atoms with Gasteiger partial charge in [-0.1, -0.05) is 103 Å². The number of pyridine rings is 1. The average molecular weight is 519 g/mol. The van der Waals surface area contributed by atoms with Crippen LogP contribution in [0.2, 0.25) is 0 Å². The van der Waals surface area contributed by atoms with Gasteiger partial charge in [0.2, 0.25) is 0 Å². The third kappa shape index (κ3) is 17.5. The summed E-state index contributed by atoms with van der Waals surface area (Å²) in [6.07, 6.45) is 26.0. The molecule has 1 aromatic heterocycles. The van der Waals surface area contributed by atoms with Crippen molar-refractivity contribution in [3.8, 4) is 0 Å². The molecule has 0 bridgehead atoms. The van der Waals surface area contributed by atoms with Crippen LogP contribution >= 0.6 is 0 Å². The van der Waals surface area contributed by atoms with Crippen molar-refractivity contribution in [3.63, 3.8) is 0 Å². The number of hydrogen-bond acceptors (Lipinski definition) is 5. The number of nitrogens with zero attached hydrogens (tertiary/aromatic N) is 1. The molecule has 0 aromatic carbocycles. The zero-order valence-corrected chi connectivity index (χ0v) is 23.6. The fourth-order valence-corrected chi connectivity index (χ4v) is 4.91. The van der Waals surface area contributed by atoms with E-state index in [1.807, 2.05) is 12.1 Å². The molecule has 1 amide bonds. The average Bonchev–Trinajstić information content (AvgIpc) is 3.38. The van der Waals surface area contributed by atoms with Crippen LogP contribution in [0.15, 0.2) is 24.5 Å². The molecular weight excluding hydrogens is 464 g/mol. The lowest BCUT2D eigenvalue weighted by Gasteiger charge is -2.12. The van der Waals surface area contributed by atoms with E-state index in [0.717, 1.165) is 31.6 Å². The Balaban J connectivity index is 1.29. The summed E-state index contributed by atoms with van der Waals surface area (Å²) in [5.41, 5.74) is 0.991. The van der Waals surface area contributed by atoms with E-state index in [-0.39, 0.29) is 12.7 Å². The number of nitrogens with one attached hydrogen (secondary N) is 1. The molecule has 1 aliphatic heterocycles.